The number of H-pyrrole nitrogens is 1. The molecule has 27 heavy (non-hydrogen) atoms. The molecule has 8 nitrogen and oxygen atoms in total. The van der Waals surface area contributed by atoms with Crippen molar-refractivity contribution in [3.8, 4) is 22.5 Å². The number of aliphatic hydroxyl groups is 1. The number of alkyl halides is 3. The lowest BCUT2D eigenvalue weighted by molar-refractivity contribution is -0.206. The molecule has 0 aliphatic carbocycles. The number of aromatic amines is 1. The topological polar surface area (TPSA) is 135 Å². The van der Waals surface area contributed by atoms with E-state index in [0.717, 1.165) is 12.1 Å². The van der Waals surface area contributed by atoms with Gasteiger partial charge in [0, 0.05) is 0 Å². The Kier molecular flexibility index (Phi) is 4.71. The van der Waals surface area contributed by atoms with Crippen LogP contribution in [0.5, 0.6) is 0 Å². The van der Waals surface area contributed by atoms with E-state index >= 15 is 0 Å². The van der Waals surface area contributed by atoms with E-state index in [2.05, 4.69) is 20.6 Å². The van der Waals surface area contributed by atoms with E-state index in [1.165, 1.54) is 30.3 Å². The zero-order valence-electron chi connectivity index (χ0n) is 13.3. The van der Waals surface area contributed by atoms with Gasteiger partial charge in [-0.05, 0) is 28.0 Å². The Morgan fingerprint density at radius 1 is 1.11 bits per heavy atom. The molecular weight excluding hydrogens is 387 g/mol. The van der Waals surface area contributed by atoms with E-state index in [0.29, 0.717) is 11.1 Å². The Hall–Kier alpha value is -2.83. The van der Waals surface area contributed by atoms with Crippen molar-refractivity contribution < 1.29 is 26.7 Å². The van der Waals surface area contributed by atoms with E-state index in [-0.39, 0.29) is 21.8 Å². The van der Waals surface area contributed by atoms with E-state index in [4.69, 9.17) is 5.14 Å². The maximum absolute atomic E-state index is 12.6. The quantitative estimate of drug-likeness (QED) is 0.612. The summed E-state index contributed by atoms with van der Waals surface area (Å²) in [7, 11) is -4.14. The number of hydrogen-bond acceptors (Lipinski definition) is 6. The molecule has 1 atom stereocenters. The maximum Gasteiger partial charge on any atom is 0.418 e. The summed E-state index contributed by atoms with van der Waals surface area (Å²) in [4.78, 5) is -0.263. The van der Waals surface area contributed by atoms with Gasteiger partial charge in [-0.1, -0.05) is 36.4 Å². The van der Waals surface area contributed by atoms with Gasteiger partial charge in [0.15, 0.2) is 6.10 Å². The number of nitrogens with one attached hydrogen (secondary N) is 1. The lowest BCUT2D eigenvalue weighted by Gasteiger charge is -2.16. The van der Waals surface area contributed by atoms with Gasteiger partial charge >= 0.3 is 6.18 Å². The summed E-state index contributed by atoms with van der Waals surface area (Å²) in [5.74, 6) is -0.0472. The number of sulfonamides is 1. The minimum Gasteiger partial charge on any atom is -0.379 e. The second-order valence-electron chi connectivity index (χ2n) is 5.53. The molecule has 0 bridgehead atoms. The summed E-state index contributed by atoms with van der Waals surface area (Å²) in [6.07, 6.45) is -7.43. The molecule has 0 saturated carbocycles. The van der Waals surface area contributed by atoms with Crippen LogP contribution in [0.25, 0.3) is 22.5 Å². The van der Waals surface area contributed by atoms with Crippen molar-refractivity contribution in [2.24, 2.45) is 5.14 Å². The average Bonchev–Trinajstić information content (AvgIpc) is 3.13. The van der Waals surface area contributed by atoms with Crippen molar-refractivity contribution in [2.75, 3.05) is 0 Å². The van der Waals surface area contributed by atoms with Gasteiger partial charge in [0.2, 0.25) is 15.8 Å². The summed E-state index contributed by atoms with van der Waals surface area (Å²) in [5, 5.41) is 27.7. The zero-order valence-corrected chi connectivity index (χ0v) is 14.2. The normalized spacial score (nSPS) is 13.5. The predicted octanol–water partition coefficient (Wildman–Crippen LogP) is 1.78. The molecule has 2 aromatic carbocycles. The van der Waals surface area contributed by atoms with Gasteiger partial charge in [-0.3, -0.25) is 0 Å². The fourth-order valence-corrected chi connectivity index (χ4v) is 3.30. The first-order valence-electron chi connectivity index (χ1n) is 7.34. The standard InChI is InChI=1S/C15H12F3N5O3S/c16-15(17,18)13(24)9-6-4-8(5-7-9)10-2-1-3-11(27(19,25)26)12(10)14-20-22-23-21-14/h1-7,13,24H,(H2,19,25,26)(H,20,21,22,23). The molecule has 0 saturated heterocycles. The SMILES string of the molecule is NS(=O)(=O)c1cccc(-c2ccc(C(O)C(F)(F)F)cc2)c1-c1nn[nH]n1. The minimum absolute atomic E-state index is 0.0472. The number of halogens is 3. The van der Waals surface area contributed by atoms with Crippen molar-refractivity contribution in [3.05, 3.63) is 48.0 Å². The third-order valence-corrected chi connectivity index (χ3v) is 4.70. The van der Waals surface area contributed by atoms with Crippen molar-refractivity contribution in [2.45, 2.75) is 17.2 Å². The second-order valence-corrected chi connectivity index (χ2v) is 7.06. The van der Waals surface area contributed by atoms with Crippen molar-refractivity contribution in [1.29, 1.82) is 0 Å². The van der Waals surface area contributed by atoms with E-state index < -0.39 is 22.3 Å². The van der Waals surface area contributed by atoms with Gasteiger partial charge in [-0.2, -0.15) is 18.4 Å². The van der Waals surface area contributed by atoms with Gasteiger partial charge in [-0.15, -0.1) is 10.2 Å². The van der Waals surface area contributed by atoms with Crippen LogP contribution < -0.4 is 5.14 Å². The Morgan fingerprint density at radius 3 is 2.30 bits per heavy atom. The van der Waals surface area contributed by atoms with Crippen molar-refractivity contribution in [1.82, 2.24) is 20.6 Å². The molecule has 12 heteroatoms. The Labute approximate surface area is 150 Å². The van der Waals surface area contributed by atoms with Crippen LogP contribution in [0.2, 0.25) is 0 Å². The number of benzene rings is 2. The molecule has 0 aliphatic rings. The predicted molar refractivity (Wildman–Crippen MR) is 87.4 cm³/mol. The molecule has 1 heterocycles. The van der Waals surface area contributed by atoms with Crippen molar-refractivity contribution >= 4 is 10.0 Å². The van der Waals surface area contributed by atoms with Gasteiger partial charge in [0.1, 0.15) is 0 Å². The molecule has 0 amide bonds. The molecule has 0 radical (unpaired) electrons. The summed E-state index contributed by atoms with van der Waals surface area (Å²) in [6.45, 7) is 0. The maximum atomic E-state index is 12.6. The number of primary sulfonamides is 1. The van der Waals surface area contributed by atoms with Crippen molar-refractivity contribution in [3.63, 3.8) is 0 Å². The third-order valence-electron chi connectivity index (χ3n) is 3.75. The summed E-state index contributed by atoms with van der Waals surface area (Å²) in [6, 6.07) is 9.04. The molecular formula is C15H12F3N5O3S. The fraction of sp³-hybridized carbons (Fsp3) is 0.133. The van der Waals surface area contributed by atoms with E-state index in [1.54, 1.807) is 0 Å². The first-order chi connectivity index (χ1) is 12.6. The van der Waals surface area contributed by atoms with Crippen LogP contribution in [-0.4, -0.2) is 40.3 Å². The molecule has 3 rings (SSSR count). The molecule has 1 aromatic heterocycles. The van der Waals surface area contributed by atoms with Crippen LogP contribution in [-0.2, 0) is 10.0 Å². The first-order valence-corrected chi connectivity index (χ1v) is 8.88. The number of hydrogen-bond donors (Lipinski definition) is 3. The van der Waals surface area contributed by atoms with Crippen LogP contribution in [0, 0.1) is 0 Å². The van der Waals surface area contributed by atoms with Crippen LogP contribution >= 0.6 is 0 Å². The number of nitrogens with zero attached hydrogens (tertiary/aromatic N) is 3. The number of nitrogens with two attached hydrogens (primary N) is 1. The molecule has 0 aliphatic heterocycles. The smallest absolute Gasteiger partial charge is 0.379 e. The first kappa shape index (κ1) is 18.9. The second kappa shape index (κ2) is 6.72. The molecule has 1 unspecified atom stereocenters. The Bertz CT molecular complexity index is 1050. The zero-order chi connectivity index (χ0) is 19.8. The molecule has 0 fully saturated rings. The lowest BCUT2D eigenvalue weighted by atomic mass is 9.97. The number of aromatic nitrogens is 4. The highest BCUT2D eigenvalue weighted by Crippen LogP contribution is 2.37. The van der Waals surface area contributed by atoms with E-state index in [9.17, 15) is 26.7 Å². The Balaban J connectivity index is 2.16. The van der Waals surface area contributed by atoms with E-state index in [1.807, 2.05) is 0 Å². The van der Waals surface area contributed by atoms with Crippen LogP contribution in [0.1, 0.15) is 11.7 Å². The summed E-state index contributed by atoms with van der Waals surface area (Å²) >= 11 is 0. The van der Waals surface area contributed by atoms with Crippen LogP contribution in [0.4, 0.5) is 13.2 Å². The highest BCUT2D eigenvalue weighted by atomic mass is 32.2. The van der Waals surface area contributed by atoms with Crippen LogP contribution in [0.15, 0.2) is 47.4 Å². The Morgan fingerprint density at radius 2 is 1.78 bits per heavy atom. The summed E-state index contributed by atoms with van der Waals surface area (Å²) < 4.78 is 61.7. The number of aliphatic hydroxyl groups excluding tert-OH is 1. The average molecular weight is 399 g/mol. The van der Waals surface area contributed by atoms with Gasteiger partial charge in [0.05, 0.1) is 10.5 Å². The molecule has 142 valence electrons. The number of rotatable bonds is 4. The largest absolute Gasteiger partial charge is 0.418 e. The monoisotopic (exact) mass is 399 g/mol. The van der Waals surface area contributed by atoms with Gasteiger partial charge in [0.25, 0.3) is 0 Å². The van der Waals surface area contributed by atoms with Crippen LogP contribution in [0.3, 0.4) is 0 Å². The molecule has 3 aromatic rings. The number of tetrazole rings is 1. The highest BCUT2D eigenvalue weighted by molar-refractivity contribution is 7.89. The fourth-order valence-electron chi connectivity index (χ4n) is 2.54. The highest BCUT2D eigenvalue weighted by Gasteiger charge is 2.39. The van der Waals surface area contributed by atoms with Gasteiger partial charge < -0.3 is 5.11 Å². The van der Waals surface area contributed by atoms with Gasteiger partial charge in [-0.25, -0.2) is 13.6 Å². The minimum atomic E-state index is -4.80. The summed E-state index contributed by atoms with van der Waals surface area (Å²) in [5.41, 5.74) is 0.391. The lowest BCUT2D eigenvalue weighted by Crippen LogP contribution is -2.20. The molecule has 0 spiro atoms. The third kappa shape index (κ3) is 3.82. The molecule has 4 N–H and O–H groups in total.